The maximum atomic E-state index is 13.2. The Balaban J connectivity index is 2.54. The van der Waals surface area contributed by atoms with Crippen LogP contribution in [0.5, 0.6) is 0 Å². The summed E-state index contributed by atoms with van der Waals surface area (Å²) in [5.41, 5.74) is 0.983. The highest BCUT2D eigenvalue weighted by Gasteiger charge is 2.09. The van der Waals surface area contributed by atoms with Gasteiger partial charge in [0.15, 0.2) is 0 Å². The molecule has 0 fully saturated rings. The number of benzene rings is 1. The van der Waals surface area contributed by atoms with Gasteiger partial charge in [0.2, 0.25) is 0 Å². The third-order valence-electron chi connectivity index (χ3n) is 2.51. The van der Waals surface area contributed by atoms with E-state index in [0.29, 0.717) is 10.2 Å². The Labute approximate surface area is 116 Å². The molecule has 0 radical (unpaired) electrons. The van der Waals surface area contributed by atoms with Gasteiger partial charge in [-0.15, -0.1) is 0 Å². The summed E-state index contributed by atoms with van der Waals surface area (Å²) >= 11 is 3.29. The molecule has 19 heavy (non-hydrogen) atoms. The summed E-state index contributed by atoms with van der Waals surface area (Å²) < 4.78 is 28.6. The number of hydrogen-bond donors (Lipinski definition) is 0. The molecule has 0 N–H and O–H groups in total. The standard InChI is InChI=1S/C13H8BrF2N3/c1-19-13(12(14)7-18-19)4-9(6-17)8-2-10(15)5-11(16)3-8/h2-5,7H,1H3/b9-4+. The molecule has 0 saturated heterocycles. The Morgan fingerprint density at radius 1 is 1.37 bits per heavy atom. The van der Waals surface area contributed by atoms with Gasteiger partial charge in [0.05, 0.1) is 28.0 Å². The van der Waals surface area contributed by atoms with Gasteiger partial charge in [-0.1, -0.05) is 0 Å². The van der Waals surface area contributed by atoms with E-state index in [1.54, 1.807) is 17.9 Å². The van der Waals surface area contributed by atoms with Gasteiger partial charge in [0, 0.05) is 13.1 Å². The monoisotopic (exact) mass is 323 g/mol. The molecule has 2 rings (SSSR count). The van der Waals surface area contributed by atoms with Crippen LogP contribution in [0.2, 0.25) is 0 Å². The van der Waals surface area contributed by atoms with Crippen molar-refractivity contribution in [1.29, 1.82) is 5.26 Å². The van der Waals surface area contributed by atoms with Crippen LogP contribution in [0, 0.1) is 23.0 Å². The van der Waals surface area contributed by atoms with Crippen molar-refractivity contribution in [2.24, 2.45) is 7.05 Å². The molecule has 0 amide bonds. The first-order valence-electron chi connectivity index (χ1n) is 5.27. The predicted octanol–water partition coefficient (Wildman–Crippen LogP) is 3.52. The number of aryl methyl sites for hydroxylation is 1. The minimum Gasteiger partial charge on any atom is -0.267 e. The van der Waals surface area contributed by atoms with E-state index < -0.39 is 11.6 Å². The fourth-order valence-electron chi connectivity index (χ4n) is 1.61. The van der Waals surface area contributed by atoms with Crippen molar-refractivity contribution in [2.75, 3.05) is 0 Å². The highest BCUT2D eigenvalue weighted by atomic mass is 79.9. The number of allylic oxidation sites excluding steroid dienone is 1. The molecule has 6 heteroatoms. The molecule has 0 atom stereocenters. The van der Waals surface area contributed by atoms with Crippen LogP contribution in [0.1, 0.15) is 11.3 Å². The lowest BCUT2D eigenvalue weighted by Gasteiger charge is -2.02. The second-order valence-corrected chi connectivity index (χ2v) is 4.68. The molecule has 0 aliphatic heterocycles. The van der Waals surface area contributed by atoms with E-state index in [0.717, 1.165) is 18.2 Å². The van der Waals surface area contributed by atoms with Gasteiger partial charge < -0.3 is 0 Å². The Morgan fingerprint density at radius 3 is 2.47 bits per heavy atom. The van der Waals surface area contributed by atoms with Crippen molar-refractivity contribution >= 4 is 27.6 Å². The maximum absolute atomic E-state index is 13.2. The van der Waals surface area contributed by atoms with Gasteiger partial charge >= 0.3 is 0 Å². The third kappa shape index (κ3) is 2.88. The summed E-state index contributed by atoms with van der Waals surface area (Å²) in [5.74, 6) is -1.44. The zero-order valence-corrected chi connectivity index (χ0v) is 11.4. The third-order valence-corrected chi connectivity index (χ3v) is 3.12. The van der Waals surface area contributed by atoms with Crippen LogP contribution in [0.3, 0.4) is 0 Å². The fourth-order valence-corrected chi connectivity index (χ4v) is 2.07. The Bertz CT molecular complexity index is 659. The molecule has 0 unspecified atom stereocenters. The number of rotatable bonds is 2. The molecule has 0 aliphatic carbocycles. The summed E-state index contributed by atoms with van der Waals surface area (Å²) in [7, 11) is 1.71. The second kappa shape index (κ2) is 5.33. The van der Waals surface area contributed by atoms with Crippen LogP contribution >= 0.6 is 15.9 Å². The summed E-state index contributed by atoms with van der Waals surface area (Å²) in [5, 5.41) is 13.1. The van der Waals surface area contributed by atoms with Crippen molar-refractivity contribution in [3.05, 3.63) is 51.8 Å². The summed E-state index contributed by atoms with van der Waals surface area (Å²) in [6, 6.07) is 4.92. The molecular weight excluding hydrogens is 316 g/mol. The summed E-state index contributed by atoms with van der Waals surface area (Å²) in [6.45, 7) is 0. The molecule has 0 aliphatic rings. The van der Waals surface area contributed by atoms with Crippen LogP contribution in [0.25, 0.3) is 11.6 Å². The van der Waals surface area contributed by atoms with Crippen LogP contribution in [0.4, 0.5) is 8.78 Å². The molecule has 1 heterocycles. The number of nitrogens with zero attached hydrogens (tertiary/aromatic N) is 3. The van der Waals surface area contributed by atoms with Crippen molar-refractivity contribution in [1.82, 2.24) is 9.78 Å². The average Bonchev–Trinajstić information content (AvgIpc) is 2.65. The maximum Gasteiger partial charge on any atom is 0.126 e. The van der Waals surface area contributed by atoms with Crippen LogP contribution in [0.15, 0.2) is 28.9 Å². The normalized spacial score (nSPS) is 11.4. The van der Waals surface area contributed by atoms with E-state index in [1.807, 2.05) is 6.07 Å². The quantitative estimate of drug-likeness (QED) is 0.793. The van der Waals surface area contributed by atoms with E-state index in [-0.39, 0.29) is 11.1 Å². The van der Waals surface area contributed by atoms with Crippen molar-refractivity contribution in [2.45, 2.75) is 0 Å². The lowest BCUT2D eigenvalue weighted by molar-refractivity contribution is 0.582. The molecule has 1 aromatic heterocycles. The Hall–Kier alpha value is -2.00. The fraction of sp³-hybridized carbons (Fsp3) is 0.0769. The van der Waals surface area contributed by atoms with E-state index in [4.69, 9.17) is 5.26 Å². The zero-order chi connectivity index (χ0) is 14.0. The van der Waals surface area contributed by atoms with Crippen LogP contribution in [-0.2, 0) is 7.05 Å². The summed E-state index contributed by atoms with van der Waals surface area (Å²) in [6.07, 6.45) is 3.10. The molecular formula is C13H8BrF2N3. The lowest BCUT2D eigenvalue weighted by Crippen LogP contribution is -1.94. The number of hydrogen-bond acceptors (Lipinski definition) is 2. The number of aromatic nitrogens is 2. The van der Waals surface area contributed by atoms with Crippen LogP contribution < -0.4 is 0 Å². The van der Waals surface area contributed by atoms with Crippen molar-refractivity contribution < 1.29 is 8.78 Å². The highest BCUT2D eigenvalue weighted by molar-refractivity contribution is 9.10. The SMILES string of the molecule is Cn1ncc(Br)c1/C=C(\C#N)c1cc(F)cc(F)c1. The van der Waals surface area contributed by atoms with Gasteiger partial charge in [0.25, 0.3) is 0 Å². The topological polar surface area (TPSA) is 41.6 Å². The van der Waals surface area contributed by atoms with E-state index in [2.05, 4.69) is 21.0 Å². The minimum absolute atomic E-state index is 0.155. The first kappa shape index (κ1) is 13.4. The smallest absolute Gasteiger partial charge is 0.126 e. The van der Waals surface area contributed by atoms with Crippen molar-refractivity contribution in [3.63, 3.8) is 0 Å². The first-order chi connectivity index (χ1) is 9.01. The molecule has 0 bridgehead atoms. The van der Waals surface area contributed by atoms with Gasteiger partial charge in [-0.3, -0.25) is 4.68 Å². The molecule has 3 nitrogen and oxygen atoms in total. The van der Waals surface area contributed by atoms with Gasteiger partial charge in [-0.25, -0.2) is 8.78 Å². The van der Waals surface area contributed by atoms with E-state index in [1.165, 1.54) is 6.08 Å². The lowest BCUT2D eigenvalue weighted by atomic mass is 10.1. The van der Waals surface area contributed by atoms with E-state index in [9.17, 15) is 8.78 Å². The highest BCUT2D eigenvalue weighted by Crippen LogP contribution is 2.23. The van der Waals surface area contributed by atoms with Crippen molar-refractivity contribution in [3.8, 4) is 6.07 Å². The first-order valence-corrected chi connectivity index (χ1v) is 6.06. The van der Waals surface area contributed by atoms with Gasteiger partial charge in [-0.05, 0) is 39.7 Å². The average molecular weight is 324 g/mol. The molecule has 2 aromatic rings. The van der Waals surface area contributed by atoms with Gasteiger partial charge in [-0.2, -0.15) is 10.4 Å². The molecule has 1 aromatic carbocycles. The molecule has 0 spiro atoms. The zero-order valence-electron chi connectivity index (χ0n) is 9.86. The molecule has 96 valence electrons. The minimum atomic E-state index is -0.722. The number of nitriles is 1. The Kier molecular flexibility index (Phi) is 3.76. The predicted molar refractivity (Wildman–Crippen MR) is 70.8 cm³/mol. The van der Waals surface area contributed by atoms with Crippen LogP contribution in [-0.4, -0.2) is 9.78 Å². The largest absolute Gasteiger partial charge is 0.267 e. The summed E-state index contributed by atoms with van der Waals surface area (Å²) in [4.78, 5) is 0. The second-order valence-electron chi connectivity index (χ2n) is 3.83. The Morgan fingerprint density at radius 2 is 2.00 bits per heavy atom. The number of halogens is 3. The van der Waals surface area contributed by atoms with Gasteiger partial charge in [0.1, 0.15) is 11.6 Å². The van der Waals surface area contributed by atoms with E-state index >= 15 is 0 Å². The molecule has 0 saturated carbocycles.